The molecule has 6 heteroatoms. The highest BCUT2D eigenvalue weighted by atomic mass is 32.1. The minimum Gasteiger partial charge on any atom is -0.508 e. The van der Waals surface area contributed by atoms with E-state index < -0.39 is 0 Å². The number of rotatable bonds is 4. The molecule has 0 amide bonds. The molecular formula is C17H16N4OS. The lowest BCUT2D eigenvalue weighted by molar-refractivity contribution is 0.475. The fourth-order valence-corrected chi connectivity index (χ4v) is 3.49. The summed E-state index contributed by atoms with van der Waals surface area (Å²) in [4.78, 5) is 14.7. The summed E-state index contributed by atoms with van der Waals surface area (Å²) in [5, 5.41) is 13.7. The number of aromatic nitrogens is 3. The van der Waals surface area contributed by atoms with Gasteiger partial charge in [0.25, 0.3) is 0 Å². The molecule has 0 spiro atoms. The highest BCUT2D eigenvalue weighted by Gasteiger charge is 2.30. The molecule has 0 bridgehead atoms. The molecule has 1 aromatic carbocycles. The number of nitrogens with zero attached hydrogens (tertiary/aromatic N) is 3. The summed E-state index contributed by atoms with van der Waals surface area (Å²) in [6, 6.07) is 8.83. The first kappa shape index (κ1) is 14.1. The lowest BCUT2D eigenvalue weighted by Crippen LogP contribution is -1.98. The fourth-order valence-electron chi connectivity index (χ4n) is 2.52. The van der Waals surface area contributed by atoms with Crippen LogP contribution in [-0.4, -0.2) is 20.1 Å². The van der Waals surface area contributed by atoms with Gasteiger partial charge in [0.15, 0.2) is 0 Å². The summed E-state index contributed by atoms with van der Waals surface area (Å²) in [6.07, 6.45) is 4.19. The second-order valence-corrected chi connectivity index (χ2v) is 6.87. The number of phenols is 1. The van der Waals surface area contributed by atoms with Crippen molar-refractivity contribution in [3.05, 3.63) is 47.2 Å². The van der Waals surface area contributed by atoms with E-state index in [0.717, 1.165) is 21.3 Å². The third kappa shape index (κ3) is 3.03. The molecule has 23 heavy (non-hydrogen) atoms. The fraction of sp³-hybridized carbons (Fsp3) is 0.235. The molecule has 0 atom stereocenters. The molecule has 1 saturated carbocycles. The normalized spacial score (nSPS) is 14.0. The van der Waals surface area contributed by atoms with Gasteiger partial charge in [-0.25, -0.2) is 15.0 Å². The maximum absolute atomic E-state index is 9.54. The summed E-state index contributed by atoms with van der Waals surface area (Å²) < 4.78 is 0. The predicted molar refractivity (Wildman–Crippen MR) is 91.2 cm³/mol. The number of benzene rings is 1. The zero-order valence-corrected chi connectivity index (χ0v) is 13.5. The Balaban J connectivity index is 1.66. The second-order valence-electron chi connectivity index (χ2n) is 5.66. The van der Waals surface area contributed by atoms with E-state index in [9.17, 15) is 5.11 Å². The van der Waals surface area contributed by atoms with Crippen molar-refractivity contribution in [3.8, 4) is 16.3 Å². The van der Waals surface area contributed by atoms with E-state index in [1.165, 1.54) is 18.5 Å². The van der Waals surface area contributed by atoms with Gasteiger partial charge in [0.2, 0.25) is 5.95 Å². The summed E-state index contributed by atoms with van der Waals surface area (Å²) >= 11 is 1.68. The number of hydrogen-bond acceptors (Lipinski definition) is 6. The first-order valence-corrected chi connectivity index (χ1v) is 8.37. The first-order chi connectivity index (χ1) is 11.2. The second kappa shape index (κ2) is 5.62. The molecule has 2 aromatic heterocycles. The van der Waals surface area contributed by atoms with Gasteiger partial charge in [0, 0.05) is 23.9 Å². The van der Waals surface area contributed by atoms with Crippen LogP contribution in [0.2, 0.25) is 0 Å². The summed E-state index contributed by atoms with van der Waals surface area (Å²) in [5.74, 6) is 1.31. The van der Waals surface area contributed by atoms with Gasteiger partial charge in [-0.1, -0.05) is 6.07 Å². The Bertz CT molecular complexity index is 857. The van der Waals surface area contributed by atoms with Crippen molar-refractivity contribution in [1.82, 2.24) is 15.0 Å². The largest absolute Gasteiger partial charge is 0.508 e. The number of anilines is 2. The van der Waals surface area contributed by atoms with Crippen LogP contribution in [0.15, 0.2) is 36.5 Å². The highest BCUT2D eigenvalue weighted by molar-refractivity contribution is 7.15. The predicted octanol–water partition coefficient (Wildman–Crippen LogP) is 4.24. The van der Waals surface area contributed by atoms with Gasteiger partial charge in [-0.05, 0) is 38.0 Å². The van der Waals surface area contributed by atoms with Gasteiger partial charge in [0.05, 0.1) is 21.3 Å². The van der Waals surface area contributed by atoms with E-state index in [2.05, 4.69) is 20.3 Å². The Morgan fingerprint density at radius 1 is 1.22 bits per heavy atom. The van der Waals surface area contributed by atoms with E-state index in [-0.39, 0.29) is 5.75 Å². The van der Waals surface area contributed by atoms with Crippen molar-refractivity contribution in [2.75, 3.05) is 5.32 Å². The zero-order valence-electron chi connectivity index (χ0n) is 12.7. The van der Waals surface area contributed by atoms with Crippen LogP contribution in [-0.2, 0) is 0 Å². The standard InChI is InChI=1S/C17H16N4OS/c1-10-19-15(11-5-6-11)16(23-10)14-7-8-18-17(21-14)20-12-3-2-4-13(22)9-12/h2-4,7-9,11,22H,5-6H2,1H3,(H,18,20,21). The number of phenolic OH excluding ortho intramolecular Hbond substituents is 1. The molecule has 0 radical (unpaired) electrons. The lowest BCUT2D eigenvalue weighted by Gasteiger charge is -2.06. The smallest absolute Gasteiger partial charge is 0.227 e. The van der Waals surface area contributed by atoms with Crippen molar-refractivity contribution < 1.29 is 5.11 Å². The Morgan fingerprint density at radius 3 is 2.87 bits per heavy atom. The van der Waals surface area contributed by atoms with Crippen molar-refractivity contribution in [2.45, 2.75) is 25.7 Å². The SMILES string of the molecule is Cc1nc(C2CC2)c(-c2ccnc(Nc3cccc(O)c3)n2)s1. The number of nitrogens with one attached hydrogen (secondary N) is 1. The Morgan fingerprint density at radius 2 is 2.09 bits per heavy atom. The number of aryl methyl sites for hydroxylation is 1. The topological polar surface area (TPSA) is 70.9 Å². The molecule has 4 rings (SSSR count). The molecule has 2 N–H and O–H groups in total. The molecule has 1 fully saturated rings. The van der Waals surface area contributed by atoms with Crippen LogP contribution >= 0.6 is 11.3 Å². The lowest BCUT2D eigenvalue weighted by atomic mass is 10.2. The van der Waals surface area contributed by atoms with Crippen molar-refractivity contribution in [2.24, 2.45) is 0 Å². The van der Waals surface area contributed by atoms with Gasteiger partial charge >= 0.3 is 0 Å². The van der Waals surface area contributed by atoms with Gasteiger partial charge in [-0.2, -0.15) is 0 Å². The molecule has 1 aliphatic carbocycles. The molecule has 2 heterocycles. The average Bonchev–Trinajstić information content (AvgIpc) is 3.30. The summed E-state index contributed by atoms with van der Waals surface area (Å²) in [6.45, 7) is 2.03. The van der Waals surface area contributed by atoms with Gasteiger partial charge in [-0.3, -0.25) is 0 Å². The van der Waals surface area contributed by atoms with E-state index in [1.807, 2.05) is 19.1 Å². The zero-order chi connectivity index (χ0) is 15.8. The van der Waals surface area contributed by atoms with Crippen molar-refractivity contribution in [1.29, 1.82) is 0 Å². The van der Waals surface area contributed by atoms with Gasteiger partial charge in [-0.15, -0.1) is 11.3 Å². The average molecular weight is 324 g/mol. The minimum atomic E-state index is 0.209. The van der Waals surface area contributed by atoms with Gasteiger partial charge < -0.3 is 10.4 Å². The van der Waals surface area contributed by atoms with Crippen LogP contribution < -0.4 is 5.32 Å². The van der Waals surface area contributed by atoms with E-state index >= 15 is 0 Å². The third-order valence-corrected chi connectivity index (χ3v) is 4.72. The van der Waals surface area contributed by atoms with Crippen LogP contribution in [0.3, 0.4) is 0 Å². The van der Waals surface area contributed by atoms with Gasteiger partial charge in [0.1, 0.15) is 5.75 Å². The van der Waals surface area contributed by atoms with Crippen molar-refractivity contribution in [3.63, 3.8) is 0 Å². The van der Waals surface area contributed by atoms with E-state index in [1.54, 1.807) is 35.7 Å². The number of aromatic hydroxyl groups is 1. The maximum Gasteiger partial charge on any atom is 0.227 e. The summed E-state index contributed by atoms with van der Waals surface area (Å²) in [5.41, 5.74) is 2.83. The van der Waals surface area contributed by atoms with Crippen LogP contribution in [0.5, 0.6) is 5.75 Å². The van der Waals surface area contributed by atoms with Crippen molar-refractivity contribution >= 4 is 23.0 Å². The number of hydrogen-bond donors (Lipinski definition) is 2. The van der Waals surface area contributed by atoms with Crippen LogP contribution in [0.25, 0.3) is 10.6 Å². The Hall–Kier alpha value is -2.47. The minimum absolute atomic E-state index is 0.209. The molecule has 5 nitrogen and oxygen atoms in total. The maximum atomic E-state index is 9.54. The molecular weight excluding hydrogens is 308 g/mol. The summed E-state index contributed by atoms with van der Waals surface area (Å²) in [7, 11) is 0. The molecule has 0 unspecified atom stereocenters. The van der Waals surface area contributed by atoms with E-state index in [0.29, 0.717) is 11.9 Å². The molecule has 3 aromatic rings. The third-order valence-electron chi connectivity index (χ3n) is 3.71. The molecule has 1 aliphatic rings. The monoisotopic (exact) mass is 324 g/mol. The number of thiazole rings is 1. The molecule has 0 aliphatic heterocycles. The van der Waals surface area contributed by atoms with Crippen LogP contribution in [0.1, 0.15) is 29.5 Å². The molecule has 0 saturated heterocycles. The molecule has 116 valence electrons. The Kier molecular flexibility index (Phi) is 3.46. The highest BCUT2D eigenvalue weighted by Crippen LogP contribution is 2.45. The van der Waals surface area contributed by atoms with Crippen LogP contribution in [0, 0.1) is 6.92 Å². The quantitative estimate of drug-likeness (QED) is 0.751. The van der Waals surface area contributed by atoms with E-state index in [4.69, 9.17) is 0 Å². The first-order valence-electron chi connectivity index (χ1n) is 7.56. The Labute approximate surface area is 138 Å². The van der Waals surface area contributed by atoms with Crippen LogP contribution in [0.4, 0.5) is 11.6 Å².